The molecule has 7 aliphatic rings. The Morgan fingerprint density at radius 1 is 0.829 bits per heavy atom. The molecule has 0 amide bonds. The fourth-order valence-electron chi connectivity index (χ4n) is 15.0. The molecule has 422 valence electrons. The van der Waals surface area contributed by atoms with E-state index < -0.39 is 99.1 Å². The van der Waals surface area contributed by atoms with E-state index >= 15 is 0 Å². The number of hydroxylamine groups is 2. The highest BCUT2D eigenvalue weighted by molar-refractivity contribution is 5.79. The van der Waals surface area contributed by atoms with Crippen molar-refractivity contribution >= 4 is 35.0 Å². The van der Waals surface area contributed by atoms with Crippen molar-refractivity contribution in [2.24, 2.45) is 55.5 Å². The van der Waals surface area contributed by atoms with Crippen LogP contribution in [0.4, 0.5) is 17.1 Å². The van der Waals surface area contributed by atoms with Crippen LogP contribution in [-0.2, 0) is 33.4 Å². The van der Waals surface area contributed by atoms with Crippen molar-refractivity contribution < 1.29 is 73.5 Å². The van der Waals surface area contributed by atoms with E-state index in [4.69, 9.17) is 23.9 Å². The molecule has 2 saturated heterocycles. The van der Waals surface area contributed by atoms with Crippen molar-refractivity contribution in [3.05, 3.63) is 49.2 Å². The second-order valence-corrected chi connectivity index (χ2v) is 24.5. The SMILES string of the molecule is CCC(=O)ON1CCN(/[N+]([O-])=N/Oc2cc(NCCC(=O)O[C@H]3CC[C@]4(C)[C@H]5CC=C6[C@@H]7CC(C)(C)CC[C@]7(C(=O)O[C@@H]7O[C@H](CO)[C@H](O)[C@H](O)[C@H]7O)CC[C@@]6(C)[C@]5(C)CC[C@H]4C3(C)C)c([N+](=O)[O-])cc2[N+](=O)[O-])CC1. The summed E-state index contributed by atoms with van der Waals surface area (Å²) in [6, 6.07) is 1.67. The standard InChI is InChI=1S/C52H77N7O17/c1-9-40(61)76-56-24-22-55(23-25-56)59(71)54-75-35-26-32(33(57(67)68)27-34(35)58(69)70)53-21-14-41(62)73-39-13-15-49(6)37(48(39,4)5)12-16-51(8)38(49)11-10-30-31-28-47(2,3)17-19-52(31,20-18-50(30,51)7)46(66)74-45-44(65)43(64)42(63)36(29-60)72-45/h10,26-27,31,36-39,42-45,53,60,63-65H,9,11-25,28-29H2,1-8H3/b59-54-/t31-,36+,37-,38+,39-,42-,43-,44+,45-,49-,50+,51+,52-/m0/s1. The number of rotatable bonds is 15. The molecule has 0 radical (unpaired) electrons. The minimum absolute atomic E-state index is 0.0680. The van der Waals surface area contributed by atoms with Crippen LogP contribution in [0.25, 0.3) is 0 Å². The van der Waals surface area contributed by atoms with Gasteiger partial charge in [-0.25, -0.2) is 0 Å². The van der Waals surface area contributed by atoms with Crippen LogP contribution >= 0.6 is 0 Å². The van der Waals surface area contributed by atoms with Gasteiger partial charge in [0.15, 0.2) is 0 Å². The number of ether oxygens (including phenoxy) is 3. The summed E-state index contributed by atoms with van der Waals surface area (Å²) in [5.74, 6) is -1.72. The van der Waals surface area contributed by atoms with Gasteiger partial charge in [0.1, 0.15) is 42.3 Å². The van der Waals surface area contributed by atoms with E-state index in [0.717, 1.165) is 51.0 Å². The van der Waals surface area contributed by atoms with Gasteiger partial charge in [-0.1, -0.05) is 67.0 Å². The van der Waals surface area contributed by atoms with Gasteiger partial charge < -0.3 is 50.0 Å². The Balaban J connectivity index is 0.932. The highest BCUT2D eigenvalue weighted by Crippen LogP contribution is 2.76. The molecule has 24 nitrogen and oxygen atoms in total. The zero-order chi connectivity index (χ0) is 55.5. The molecule has 0 unspecified atom stereocenters. The number of aliphatic hydroxyl groups is 4. The summed E-state index contributed by atoms with van der Waals surface area (Å²) in [7, 11) is 0. The highest BCUT2D eigenvalue weighted by Gasteiger charge is 2.70. The molecule has 2 aliphatic heterocycles. The van der Waals surface area contributed by atoms with Crippen LogP contribution in [0.15, 0.2) is 29.1 Å². The molecule has 0 bridgehead atoms. The Morgan fingerprint density at radius 3 is 2.17 bits per heavy atom. The first kappa shape index (κ1) is 56.9. The maximum absolute atomic E-state index is 14.7. The van der Waals surface area contributed by atoms with Crippen LogP contribution in [0.1, 0.15) is 132 Å². The van der Waals surface area contributed by atoms with Crippen molar-refractivity contribution in [1.29, 1.82) is 0 Å². The molecule has 8 rings (SSSR count). The van der Waals surface area contributed by atoms with Gasteiger partial charge in [0.25, 0.3) is 5.69 Å². The topological polar surface area (TPSA) is 321 Å². The molecule has 4 saturated carbocycles. The average Bonchev–Trinajstić information content (AvgIpc) is 3.39. The summed E-state index contributed by atoms with van der Waals surface area (Å²) in [6.07, 6.45) is 1.66. The number of allylic oxidation sites excluding steroid dienone is 2. The van der Waals surface area contributed by atoms with Gasteiger partial charge in [-0.2, -0.15) is 0 Å². The lowest BCUT2D eigenvalue weighted by atomic mass is 9.33. The molecular weight excluding hydrogens is 995 g/mol. The van der Waals surface area contributed by atoms with Crippen LogP contribution < -0.4 is 10.2 Å². The summed E-state index contributed by atoms with van der Waals surface area (Å²) in [6.45, 7) is 17.4. The van der Waals surface area contributed by atoms with Crippen molar-refractivity contribution in [2.45, 2.75) is 169 Å². The smallest absolute Gasteiger partial charge is 0.324 e. The van der Waals surface area contributed by atoms with E-state index in [9.17, 15) is 60.2 Å². The number of anilines is 1. The lowest BCUT2D eigenvalue weighted by Gasteiger charge is -2.71. The normalized spacial score (nSPS) is 36.9. The maximum atomic E-state index is 14.7. The lowest BCUT2D eigenvalue weighted by molar-refractivity contribution is -0.710. The zero-order valence-electron chi connectivity index (χ0n) is 44.9. The van der Waals surface area contributed by atoms with Gasteiger partial charge in [0.05, 0.1) is 59.4 Å². The number of aliphatic hydroxyl groups excluding tert-OH is 4. The van der Waals surface area contributed by atoms with Crippen molar-refractivity contribution in [2.75, 3.05) is 44.6 Å². The molecule has 6 fully saturated rings. The quantitative estimate of drug-likeness (QED) is 0.0335. The van der Waals surface area contributed by atoms with Crippen LogP contribution in [0.3, 0.4) is 0 Å². The third-order valence-electron chi connectivity index (χ3n) is 19.6. The van der Waals surface area contributed by atoms with Gasteiger partial charge >= 0.3 is 23.6 Å². The number of carbonyl (C=O) groups is 3. The number of hydrazine groups is 1. The number of nitro benzene ring substituents is 2. The number of piperazine rings is 1. The highest BCUT2D eigenvalue weighted by atomic mass is 16.7. The summed E-state index contributed by atoms with van der Waals surface area (Å²) in [5, 5.41) is 87.4. The minimum atomic E-state index is -1.70. The fourth-order valence-corrected chi connectivity index (χ4v) is 15.0. The predicted octanol–water partition coefficient (Wildman–Crippen LogP) is 6.02. The third-order valence-corrected chi connectivity index (χ3v) is 19.6. The fraction of sp³-hybridized carbons (Fsp3) is 0.788. The van der Waals surface area contributed by atoms with Crippen molar-refractivity contribution in [1.82, 2.24) is 10.1 Å². The number of hydrogen-bond donors (Lipinski definition) is 5. The summed E-state index contributed by atoms with van der Waals surface area (Å²) in [4.78, 5) is 72.9. The Labute approximate surface area is 441 Å². The Morgan fingerprint density at radius 2 is 1.51 bits per heavy atom. The number of esters is 2. The van der Waals surface area contributed by atoms with Crippen LogP contribution in [-0.4, -0.2) is 139 Å². The molecule has 76 heavy (non-hydrogen) atoms. The number of benzene rings is 1. The van der Waals surface area contributed by atoms with Gasteiger partial charge in [-0.15, -0.1) is 10.1 Å². The monoisotopic (exact) mass is 1070 g/mol. The third kappa shape index (κ3) is 10.1. The van der Waals surface area contributed by atoms with Crippen molar-refractivity contribution in [3.63, 3.8) is 0 Å². The molecular formula is C52H77N7O17. The molecule has 1 aromatic rings. The maximum Gasteiger partial charge on any atom is 0.324 e. The van der Waals surface area contributed by atoms with Gasteiger partial charge in [0.2, 0.25) is 17.3 Å². The molecule has 1 aromatic carbocycles. The van der Waals surface area contributed by atoms with Gasteiger partial charge in [-0.3, -0.25) is 39.4 Å². The van der Waals surface area contributed by atoms with E-state index in [-0.39, 0.29) is 95.6 Å². The van der Waals surface area contributed by atoms with Crippen LogP contribution in [0, 0.1) is 75.7 Å². The van der Waals surface area contributed by atoms with Crippen molar-refractivity contribution in [3.8, 4) is 5.75 Å². The van der Waals surface area contributed by atoms with E-state index in [1.807, 2.05) is 0 Å². The first-order chi connectivity index (χ1) is 35.7. The van der Waals surface area contributed by atoms with E-state index in [2.05, 4.69) is 65.1 Å². The summed E-state index contributed by atoms with van der Waals surface area (Å²) >= 11 is 0. The largest absolute Gasteiger partial charge is 0.569 e. The van der Waals surface area contributed by atoms with Gasteiger partial charge in [-0.05, 0) is 104 Å². The number of carbonyl (C=O) groups excluding carboxylic acids is 3. The van der Waals surface area contributed by atoms with Gasteiger partial charge in [0, 0.05) is 24.4 Å². The van der Waals surface area contributed by atoms with E-state index in [1.165, 1.54) is 15.6 Å². The Bertz CT molecular complexity index is 2480. The minimum Gasteiger partial charge on any atom is -0.569 e. The number of nitrogens with one attached hydrogen (secondary N) is 1. The number of nitro groups is 2. The average molecular weight is 1070 g/mol. The molecule has 13 atom stereocenters. The number of nitrogens with zero attached hydrogens (tertiary/aromatic N) is 6. The molecule has 24 heteroatoms. The van der Waals surface area contributed by atoms with E-state index in [0.29, 0.717) is 25.3 Å². The Kier molecular flexibility index (Phi) is 15.9. The molecule has 5 aliphatic carbocycles. The second-order valence-electron chi connectivity index (χ2n) is 24.5. The predicted molar refractivity (Wildman–Crippen MR) is 268 cm³/mol. The molecule has 2 heterocycles. The molecule has 5 N–H and O–H groups in total. The second kappa shape index (κ2) is 21.2. The number of hydrogen-bond acceptors (Lipinski definition) is 20. The van der Waals surface area contributed by atoms with E-state index in [1.54, 1.807) is 6.92 Å². The zero-order valence-corrected chi connectivity index (χ0v) is 44.9. The first-order valence-corrected chi connectivity index (χ1v) is 26.8. The lowest BCUT2D eigenvalue weighted by Crippen LogP contribution is -2.65. The molecule has 0 aromatic heterocycles. The molecule has 0 spiro atoms. The Hall–Kier alpha value is -5.27. The van der Waals surface area contributed by atoms with Crippen LogP contribution in [0.5, 0.6) is 5.75 Å². The summed E-state index contributed by atoms with van der Waals surface area (Å²) in [5.41, 5.74) is -2.38. The number of fused-ring (bicyclic) bond motifs is 7. The summed E-state index contributed by atoms with van der Waals surface area (Å²) < 4.78 is 17.9. The van der Waals surface area contributed by atoms with Crippen LogP contribution in [0.2, 0.25) is 0 Å². The first-order valence-electron chi connectivity index (χ1n) is 26.8.